The Balaban J connectivity index is 3.57. The smallest absolute Gasteiger partial charge is 0.268 e. The van der Waals surface area contributed by atoms with Gasteiger partial charge >= 0.3 is 11.2 Å². The molecular weight excluding hydrogens is 107 g/mol. The van der Waals surface area contributed by atoms with Crippen molar-refractivity contribution in [3.63, 3.8) is 0 Å². The molecule has 0 saturated carbocycles. The van der Waals surface area contributed by atoms with E-state index < -0.39 is 11.2 Å². The Morgan fingerprint density at radius 2 is 1.50 bits per heavy atom. The van der Waals surface area contributed by atoms with Crippen LogP contribution in [0.2, 0.25) is 0 Å². The molecule has 0 aliphatic carbocycles. The topological polar surface area (TPSA) is 54.0 Å². The van der Waals surface area contributed by atoms with Gasteiger partial charge in [-0.15, -0.1) is 0 Å². The lowest BCUT2D eigenvalue weighted by Crippen LogP contribution is -2.00. The molecule has 6 heavy (non-hydrogen) atoms. The normalized spacial score (nSPS) is 7.50. The van der Waals surface area contributed by atoms with Crippen LogP contribution in [0, 0.1) is 0 Å². The van der Waals surface area contributed by atoms with E-state index in [1.54, 1.807) is 0 Å². The highest BCUT2D eigenvalue weighted by Crippen LogP contribution is 1.75. The van der Waals surface area contributed by atoms with Gasteiger partial charge in [-0.25, -0.2) is 9.90 Å². The molecule has 3 nitrogen and oxygen atoms in total. The molecule has 4 heteroatoms. The van der Waals surface area contributed by atoms with Gasteiger partial charge in [-0.3, -0.25) is 4.79 Å². The molecule has 0 saturated heterocycles. The van der Waals surface area contributed by atoms with Crippen LogP contribution >= 0.6 is 11.6 Å². The summed E-state index contributed by atoms with van der Waals surface area (Å²) in [6, 6.07) is 0. The van der Waals surface area contributed by atoms with E-state index in [2.05, 4.69) is 11.6 Å². The van der Waals surface area contributed by atoms with Gasteiger partial charge in [0.2, 0.25) is 0 Å². The molecule has 0 N–H and O–H groups in total. The molecule has 0 aliphatic heterocycles. The summed E-state index contributed by atoms with van der Waals surface area (Å²) in [5.74, 6) is -1.86. The fourth-order valence-electron chi connectivity index (χ4n) is 0. The van der Waals surface area contributed by atoms with Gasteiger partial charge in [0.25, 0.3) is 0 Å². The summed E-state index contributed by atoms with van der Waals surface area (Å²) >= 11 is 4.31. The summed E-state index contributed by atoms with van der Waals surface area (Å²) in [5, 5.41) is 7.64. The van der Waals surface area contributed by atoms with E-state index in [1.165, 1.54) is 0 Å². The van der Waals surface area contributed by atoms with Gasteiger partial charge in [0.1, 0.15) is 0 Å². The second kappa shape index (κ2) is 1.77. The van der Waals surface area contributed by atoms with E-state index >= 15 is 0 Å². The minimum Gasteiger partial charge on any atom is -0.268 e. The molecule has 0 heterocycles. The van der Waals surface area contributed by atoms with Crippen molar-refractivity contribution in [2.75, 3.05) is 0 Å². The van der Waals surface area contributed by atoms with Crippen LogP contribution in [-0.2, 0) is 14.7 Å². The van der Waals surface area contributed by atoms with Crippen LogP contribution in [-0.4, -0.2) is 11.2 Å². The third kappa shape index (κ3) is 1.72. The van der Waals surface area contributed by atoms with Gasteiger partial charge in [-0.1, -0.05) is 0 Å². The van der Waals surface area contributed by atoms with Crippen molar-refractivity contribution in [2.45, 2.75) is 0 Å². The first-order valence-corrected chi connectivity index (χ1v) is 1.43. The van der Waals surface area contributed by atoms with Gasteiger partial charge < -0.3 is 0 Å². The van der Waals surface area contributed by atoms with Crippen LogP contribution in [0.15, 0.2) is 0 Å². The molecule has 0 aromatic heterocycles. The zero-order valence-electron chi connectivity index (χ0n) is 2.60. The average Bonchev–Trinajstić information content (AvgIpc) is 1.36. The summed E-state index contributed by atoms with van der Waals surface area (Å²) in [5.41, 5.74) is 0. The van der Waals surface area contributed by atoms with Crippen molar-refractivity contribution in [2.24, 2.45) is 0 Å². The minimum atomic E-state index is -1.86. The summed E-state index contributed by atoms with van der Waals surface area (Å²) in [6.45, 7) is 0. The van der Waals surface area contributed by atoms with E-state index in [9.17, 15) is 4.79 Å². The number of carbonyl (C=O) groups excluding carboxylic acids is 2. The average molecular weight is 107 g/mol. The minimum absolute atomic E-state index is 1.46. The standard InChI is InChI=1S/C2ClO3/c3-1(4)2(5)6. The zero-order valence-corrected chi connectivity index (χ0v) is 3.36. The van der Waals surface area contributed by atoms with Gasteiger partial charge in [0.05, 0.1) is 0 Å². The zero-order chi connectivity index (χ0) is 5.15. The van der Waals surface area contributed by atoms with Crippen LogP contribution in [0.3, 0.4) is 0 Å². The predicted molar refractivity (Wildman–Crippen MR) is 16.6 cm³/mol. The molecule has 0 bridgehead atoms. The molecular formula is C2ClO3. The lowest BCUT2D eigenvalue weighted by Gasteiger charge is -1.64. The van der Waals surface area contributed by atoms with E-state index in [-0.39, 0.29) is 0 Å². The third-order valence-corrected chi connectivity index (χ3v) is 0.315. The van der Waals surface area contributed by atoms with E-state index in [4.69, 9.17) is 9.90 Å². The van der Waals surface area contributed by atoms with Crippen molar-refractivity contribution in [1.82, 2.24) is 0 Å². The number of rotatable bonds is 1. The number of carbonyl (C=O) groups is 2. The number of hydrogen-bond donors (Lipinski definition) is 0. The van der Waals surface area contributed by atoms with Crippen molar-refractivity contribution in [1.29, 1.82) is 0 Å². The maximum Gasteiger partial charge on any atom is 0.437 e. The summed E-state index contributed by atoms with van der Waals surface area (Å²) in [7, 11) is 0. The summed E-state index contributed by atoms with van der Waals surface area (Å²) in [6.07, 6.45) is 0. The number of hydrogen-bond acceptors (Lipinski definition) is 2. The van der Waals surface area contributed by atoms with Crippen molar-refractivity contribution in [3.8, 4) is 0 Å². The Kier molecular flexibility index (Phi) is 1.60. The first kappa shape index (κ1) is 5.43. The van der Waals surface area contributed by atoms with Crippen molar-refractivity contribution < 1.29 is 14.7 Å². The first-order valence-electron chi connectivity index (χ1n) is 1.05. The van der Waals surface area contributed by atoms with Gasteiger partial charge in [-0.2, -0.15) is 0 Å². The van der Waals surface area contributed by atoms with E-state index in [0.717, 1.165) is 0 Å². The van der Waals surface area contributed by atoms with Crippen LogP contribution < -0.4 is 0 Å². The van der Waals surface area contributed by atoms with Crippen LogP contribution in [0.5, 0.6) is 0 Å². The Morgan fingerprint density at radius 1 is 1.33 bits per heavy atom. The second-order valence-corrected chi connectivity index (χ2v) is 0.904. The SMILES string of the molecule is [O]C(=O)C(=O)Cl. The molecule has 0 aromatic carbocycles. The maximum absolute atomic E-state index is 9.25. The van der Waals surface area contributed by atoms with Crippen LogP contribution in [0.1, 0.15) is 0 Å². The molecule has 0 rings (SSSR count). The third-order valence-electron chi connectivity index (χ3n) is 0.160. The second-order valence-electron chi connectivity index (χ2n) is 0.561. The Labute approximate surface area is 38.5 Å². The fraction of sp³-hybridized carbons (Fsp3) is 0. The van der Waals surface area contributed by atoms with Crippen molar-refractivity contribution >= 4 is 22.8 Å². The first-order chi connectivity index (χ1) is 2.64. The highest BCUT2D eigenvalue weighted by atomic mass is 35.5. The lowest BCUT2D eigenvalue weighted by molar-refractivity contribution is -0.150. The quantitative estimate of drug-likeness (QED) is 0.342. The molecule has 0 aliphatic rings. The van der Waals surface area contributed by atoms with Gasteiger partial charge in [0.15, 0.2) is 0 Å². The van der Waals surface area contributed by atoms with E-state index in [0.29, 0.717) is 0 Å². The Hall–Kier alpha value is -0.570. The van der Waals surface area contributed by atoms with Crippen LogP contribution in [0.4, 0.5) is 0 Å². The molecule has 0 aromatic rings. The van der Waals surface area contributed by atoms with Gasteiger partial charge in [0, 0.05) is 0 Å². The summed E-state index contributed by atoms with van der Waals surface area (Å²) in [4.78, 5) is 18.4. The van der Waals surface area contributed by atoms with Crippen LogP contribution in [0.25, 0.3) is 0 Å². The maximum atomic E-state index is 9.25. The van der Waals surface area contributed by atoms with E-state index in [1.807, 2.05) is 0 Å². The number of halogens is 1. The summed E-state index contributed by atoms with van der Waals surface area (Å²) < 4.78 is 0. The molecule has 0 unspecified atom stereocenters. The highest BCUT2D eigenvalue weighted by Gasteiger charge is 2.06. The predicted octanol–water partition coefficient (Wildman–Crippen LogP) is -0.291. The molecule has 1 radical (unpaired) electrons. The molecule has 0 atom stereocenters. The lowest BCUT2D eigenvalue weighted by atomic mass is 10.8. The molecule has 0 spiro atoms. The monoisotopic (exact) mass is 107 g/mol. The molecule has 33 valence electrons. The highest BCUT2D eigenvalue weighted by molar-refractivity contribution is 6.79. The molecule has 0 amide bonds. The largest absolute Gasteiger partial charge is 0.437 e. The van der Waals surface area contributed by atoms with Crippen molar-refractivity contribution in [3.05, 3.63) is 0 Å². The Morgan fingerprint density at radius 3 is 1.50 bits per heavy atom. The Bertz CT molecular complexity index is 74.8. The molecule has 0 fully saturated rings. The fourth-order valence-corrected chi connectivity index (χ4v) is 0. The van der Waals surface area contributed by atoms with Gasteiger partial charge in [-0.05, 0) is 11.6 Å².